The van der Waals surface area contributed by atoms with Gasteiger partial charge >= 0.3 is 17.9 Å². The smallest absolute Gasteiger partial charge is 0.347 e. The van der Waals surface area contributed by atoms with Crippen molar-refractivity contribution < 1.29 is 38.1 Å². The number of unbranched alkanes of at least 4 members (excludes halogenated alkanes) is 10. The third-order valence-corrected chi connectivity index (χ3v) is 8.51. The molecule has 0 saturated heterocycles. The average molecular weight is 720 g/mol. The molecule has 0 aromatic heterocycles. The fourth-order valence-corrected chi connectivity index (χ4v) is 5.47. The first kappa shape index (κ1) is 40.2. The first-order valence-corrected chi connectivity index (χ1v) is 18.7. The van der Waals surface area contributed by atoms with E-state index in [1.165, 1.54) is 81.7 Å². The summed E-state index contributed by atoms with van der Waals surface area (Å²) >= 11 is 0. The summed E-state index contributed by atoms with van der Waals surface area (Å²) in [6, 6.07) is 25.4. The minimum absolute atomic E-state index is 0.0191. The van der Waals surface area contributed by atoms with Crippen molar-refractivity contribution >= 4 is 17.9 Å². The number of esters is 3. The van der Waals surface area contributed by atoms with Crippen molar-refractivity contribution in [2.24, 2.45) is 0 Å². The number of nitrogens with zero attached hydrogens (tertiary/aromatic N) is 1. The van der Waals surface area contributed by atoms with Gasteiger partial charge in [0.15, 0.2) is 0 Å². The van der Waals surface area contributed by atoms with Crippen molar-refractivity contribution in [2.45, 2.75) is 90.9 Å². The molecule has 4 aromatic rings. The fraction of sp³-hybridized carbons (Fsp3) is 0.364. The van der Waals surface area contributed by atoms with E-state index in [1.54, 1.807) is 60.7 Å². The number of hydrogen-bond acceptors (Lipinski definition) is 9. The highest BCUT2D eigenvalue weighted by Gasteiger charge is 2.22. The van der Waals surface area contributed by atoms with E-state index in [2.05, 4.69) is 13.8 Å². The van der Waals surface area contributed by atoms with Crippen molar-refractivity contribution in [1.82, 2.24) is 0 Å². The van der Waals surface area contributed by atoms with Gasteiger partial charge in [-0.25, -0.2) is 14.4 Å². The lowest BCUT2D eigenvalue weighted by Crippen LogP contribution is -2.16. The van der Waals surface area contributed by atoms with Gasteiger partial charge in [-0.15, -0.1) is 0 Å². The molecule has 53 heavy (non-hydrogen) atoms. The number of nitriles is 1. The lowest BCUT2D eigenvalue weighted by molar-refractivity contribution is 0.0691. The largest absolute Gasteiger partial charge is 0.494 e. The Labute approximate surface area is 312 Å². The lowest BCUT2D eigenvalue weighted by atomic mass is 10.1. The molecule has 0 atom stereocenters. The number of ether oxygens (including phenoxy) is 5. The minimum atomic E-state index is -0.918. The van der Waals surface area contributed by atoms with E-state index in [1.807, 2.05) is 6.07 Å². The predicted octanol–water partition coefficient (Wildman–Crippen LogP) is 10.7. The third kappa shape index (κ3) is 13.5. The van der Waals surface area contributed by atoms with Crippen molar-refractivity contribution in [1.29, 1.82) is 5.26 Å². The van der Waals surface area contributed by atoms with Crippen LogP contribution in [-0.2, 0) is 0 Å². The Balaban J connectivity index is 1.42. The first-order chi connectivity index (χ1) is 25.9. The molecule has 9 heteroatoms. The number of carbonyl (C=O) groups is 3. The Kier molecular flexibility index (Phi) is 16.9. The molecule has 0 amide bonds. The molecule has 0 unspecified atom stereocenters. The Morgan fingerprint density at radius 3 is 1.53 bits per heavy atom. The first-order valence-electron chi connectivity index (χ1n) is 18.7. The van der Waals surface area contributed by atoms with Crippen LogP contribution in [0.3, 0.4) is 0 Å². The Morgan fingerprint density at radius 2 is 0.981 bits per heavy atom. The van der Waals surface area contributed by atoms with E-state index in [4.69, 9.17) is 23.7 Å². The maximum Gasteiger partial charge on any atom is 0.347 e. The molecule has 0 aliphatic rings. The van der Waals surface area contributed by atoms with Crippen LogP contribution in [0, 0.1) is 11.3 Å². The second-order valence-corrected chi connectivity index (χ2v) is 12.7. The number of benzene rings is 4. The third-order valence-electron chi connectivity index (χ3n) is 8.51. The standard InChI is InChI=1S/C44H49NO8/c1-3-5-7-9-11-15-29-49-36-23-19-33(20-24-36)42(46)51-38-27-28-41(39(31-38)44(48)52-40-18-14-13-17-35(40)32-45)53-43(47)34-21-25-37(26-22-34)50-30-16-12-10-8-6-4-2/h13-14,17-28,31H,3-12,15-16,29-30H2,1-2H3. The molecule has 4 aromatic carbocycles. The zero-order valence-electron chi connectivity index (χ0n) is 30.8. The zero-order chi connectivity index (χ0) is 37.7. The van der Waals surface area contributed by atoms with Crippen LogP contribution in [-0.4, -0.2) is 31.1 Å². The summed E-state index contributed by atoms with van der Waals surface area (Å²) in [5.41, 5.74) is 0.466. The van der Waals surface area contributed by atoms with Crippen molar-refractivity contribution in [3.63, 3.8) is 0 Å². The highest BCUT2D eigenvalue weighted by molar-refractivity contribution is 5.98. The van der Waals surface area contributed by atoms with E-state index in [9.17, 15) is 19.6 Å². The maximum absolute atomic E-state index is 13.5. The topological polar surface area (TPSA) is 121 Å². The molecule has 9 nitrogen and oxygen atoms in total. The normalized spacial score (nSPS) is 10.6. The van der Waals surface area contributed by atoms with Crippen LogP contribution in [0.2, 0.25) is 0 Å². The molecule has 278 valence electrons. The molecule has 0 fully saturated rings. The summed E-state index contributed by atoms with van der Waals surface area (Å²) in [5, 5.41) is 9.49. The minimum Gasteiger partial charge on any atom is -0.494 e. The molecule has 0 radical (unpaired) electrons. The fourth-order valence-electron chi connectivity index (χ4n) is 5.47. The molecule has 0 spiro atoms. The van der Waals surface area contributed by atoms with Crippen LogP contribution in [0.5, 0.6) is 28.7 Å². The van der Waals surface area contributed by atoms with Crippen molar-refractivity contribution in [2.75, 3.05) is 13.2 Å². The predicted molar refractivity (Wildman–Crippen MR) is 203 cm³/mol. The van der Waals surface area contributed by atoms with Crippen LogP contribution in [0.25, 0.3) is 0 Å². The van der Waals surface area contributed by atoms with Gasteiger partial charge in [0.1, 0.15) is 40.4 Å². The van der Waals surface area contributed by atoms with Gasteiger partial charge in [-0.2, -0.15) is 5.26 Å². The summed E-state index contributed by atoms with van der Waals surface area (Å²) in [5.74, 6) is -1.09. The summed E-state index contributed by atoms with van der Waals surface area (Å²) in [6.07, 6.45) is 13.9. The van der Waals surface area contributed by atoms with E-state index in [-0.39, 0.29) is 39.5 Å². The summed E-state index contributed by atoms with van der Waals surface area (Å²) in [6.45, 7) is 5.58. The van der Waals surface area contributed by atoms with Crippen LogP contribution >= 0.6 is 0 Å². The van der Waals surface area contributed by atoms with Gasteiger partial charge in [0, 0.05) is 0 Å². The Bertz CT molecular complexity index is 1790. The molecular weight excluding hydrogens is 670 g/mol. The van der Waals surface area contributed by atoms with E-state index in [0.717, 1.165) is 25.7 Å². The molecule has 0 N–H and O–H groups in total. The zero-order valence-corrected chi connectivity index (χ0v) is 30.8. The Morgan fingerprint density at radius 1 is 0.509 bits per heavy atom. The number of hydrogen-bond donors (Lipinski definition) is 0. The SMILES string of the molecule is CCCCCCCCOc1ccc(C(=O)Oc2ccc(OC(=O)c3ccc(OCCCCCCCC)cc3)c(C(=O)Oc3ccccc3C#N)c2)cc1. The summed E-state index contributed by atoms with van der Waals surface area (Å²) in [4.78, 5) is 39.8. The second-order valence-electron chi connectivity index (χ2n) is 12.7. The van der Waals surface area contributed by atoms with Crippen LogP contribution in [0.15, 0.2) is 91.0 Å². The van der Waals surface area contributed by atoms with Gasteiger partial charge in [-0.3, -0.25) is 0 Å². The molecule has 0 saturated carbocycles. The number of carbonyl (C=O) groups excluding carboxylic acids is 3. The van der Waals surface area contributed by atoms with E-state index >= 15 is 0 Å². The van der Waals surface area contributed by atoms with Crippen molar-refractivity contribution in [3.05, 3.63) is 113 Å². The molecule has 0 heterocycles. The van der Waals surface area contributed by atoms with Gasteiger partial charge in [0.2, 0.25) is 0 Å². The molecular formula is C44H49NO8. The van der Waals surface area contributed by atoms with Gasteiger partial charge in [0.05, 0.1) is 29.9 Å². The Hall–Kier alpha value is -5.62. The van der Waals surface area contributed by atoms with Gasteiger partial charge in [-0.1, -0.05) is 90.2 Å². The highest BCUT2D eigenvalue weighted by atomic mass is 16.6. The van der Waals surface area contributed by atoms with Gasteiger partial charge in [-0.05, 0) is 91.7 Å². The average Bonchev–Trinajstić information content (AvgIpc) is 3.18. The monoisotopic (exact) mass is 719 g/mol. The van der Waals surface area contributed by atoms with Gasteiger partial charge < -0.3 is 23.7 Å². The summed E-state index contributed by atoms with van der Waals surface area (Å²) < 4.78 is 28.4. The molecule has 0 aliphatic heterocycles. The highest BCUT2D eigenvalue weighted by Crippen LogP contribution is 2.29. The van der Waals surface area contributed by atoms with Gasteiger partial charge in [0.25, 0.3) is 0 Å². The molecule has 0 aliphatic carbocycles. The van der Waals surface area contributed by atoms with Crippen LogP contribution in [0.1, 0.15) is 128 Å². The second kappa shape index (κ2) is 22.3. The number of para-hydroxylation sites is 1. The van der Waals surface area contributed by atoms with E-state index in [0.29, 0.717) is 24.7 Å². The molecule has 0 bridgehead atoms. The number of rotatable bonds is 22. The van der Waals surface area contributed by atoms with Crippen LogP contribution < -0.4 is 23.7 Å². The lowest BCUT2D eigenvalue weighted by Gasteiger charge is -2.13. The quantitative estimate of drug-likeness (QED) is 0.0444. The van der Waals surface area contributed by atoms with Crippen LogP contribution in [0.4, 0.5) is 0 Å². The summed E-state index contributed by atoms with van der Waals surface area (Å²) in [7, 11) is 0. The van der Waals surface area contributed by atoms with E-state index < -0.39 is 17.9 Å². The molecule has 4 rings (SSSR count). The maximum atomic E-state index is 13.5. The van der Waals surface area contributed by atoms with Crippen molar-refractivity contribution in [3.8, 4) is 34.8 Å².